The van der Waals surface area contributed by atoms with Crippen molar-refractivity contribution < 1.29 is 9.47 Å². The zero-order valence-corrected chi connectivity index (χ0v) is 13.5. The fraction of sp³-hybridized carbons (Fsp3) is 0.278. The van der Waals surface area contributed by atoms with Gasteiger partial charge in [0.05, 0.1) is 14.2 Å². The average Bonchev–Trinajstić information content (AvgIpc) is 3.09. The van der Waals surface area contributed by atoms with Crippen molar-refractivity contribution in [3.63, 3.8) is 0 Å². The highest BCUT2D eigenvalue weighted by molar-refractivity contribution is 5.48. The summed E-state index contributed by atoms with van der Waals surface area (Å²) in [5.74, 6) is 2.57. The number of nitrogens with zero attached hydrogens (tertiary/aromatic N) is 2. The van der Waals surface area contributed by atoms with Crippen molar-refractivity contribution in [3.05, 3.63) is 65.7 Å². The first-order valence-corrected chi connectivity index (χ1v) is 7.65. The number of rotatable bonds is 6. The highest BCUT2D eigenvalue weighted by Gasteiger charge is 2.16. The van der Waals surface area contributed by atoms with Gasteiger partial charge in [0, 0.05) is 18.3 Å². The van der Waals surface area contributed by atoms with Crippen molar-refractivity contribution >= 4 is 5.82 Å². The second-order valence-corrected chi connectivity index (χ2v) is 5.35. The molecule has 5 heteroatoms. The van der Waals surface area contributed by atoms with Gasteiger partial charge in [0.2, 0.25) is 0 Å². The van der Waals surface area contributed by atoms with Crippen LogP contribution in [0, 0.1) is 0 Å². The molecule has 5 nitrogen and oxygen atoms in total. The van der Waals surface area contributed by atoms with Crippen molar-refractivity contribution in [3.8, 4) is 5.75 Å². The Labute approximate surface area is 136 Å². The quantitative estimate of drug-likeness (QED) is 0.891. The summed E-state index contributed by atoms with van der Waals surface area (Å²) in [6.45, 7) is 0.764. The first-order valence-electron chi connectivity index (χ1n) is 7.65. The number of allylic oxidation sites excluding steroid dienone is 2. The largest absolute Gasteiger partial charge is 0.497 e. The third-order valence-electron chi connectivity index (χ3n) is 3.85. The molecule has 1 aliphatic rings. The highest BCUT2D eigenvalue weighted by Crippen LogP contribution is 2.21. The van der Waals surface area contributed by atoms with Crippen LogP contribution in [-0.4, -0.2) is 31.0 Å². The second-order valence-electron chi connectivity index (χ2n) is 5.35. The molecule has 1 aromatic carbocycles. The number of hydrogen-bond acceptors (Lipinski definition) is 4. The van der Waals surface area contributed by atoms with E-state index in [0.29, 0.717) is 0 Å². The van der Waals surface area contributed by atoms with Crippen LogP contribution >= 0.6 is 0 Å². The lowest BCUT2D eigenvalue weighted by Gasteiger charge is -2.23. The van der Waals surface area contributed by atoms with E-state index in [9.17, 15) is 0 Å². The first-order chi connectivity index (χ1) is 11.3. The van der Waals surface area contributed by atoms with Crippen LogP contribution in [0.25, 0.3) is 0 Å². The van der Waals surface area contributed by atoms with Gasteiger partial charge in [-0.3, -0.25) is 10.00 Å². The molecule has 2 aromatic rings. The van der Waals surface area contributed by atoms with E-state index in [1.54, 1.807) is 14.2 Å². The van der Waals surface area contributed by atoms with E-state index in [-0.39, 0.29) is 0 Å². The Bertz CT molecular complexity index is 719. The number of H-pyrrole nitrogens is 1. The molecule has 3 rings (SSSR count). The second kappa shape index (κ2) is 7.05. The average molecular weight is 311 g/mol. The first kappa shape index (κ1) is 15.2. The van der Waals surface area contributed by atoms with E-state index in [4.69, 9.17) is 9.47 Å². The van der Waals surface area contributed by atoms with Crippen LogP contribution in [0.3, 0.4) is 0 Å². The number of nitrogens with one attached hydrogen (secondary N) is 1. The zero-order valence-electron chi connectivity index (χ0n) is 13.5. The Balaban J connectivity index is 1.65. The Morgan fingerprint density at radius 3 is 2.91 bits per heavy atom. The molecule has 23 heavy (non-hydrogen) atoms. The molecule has 0 bridgehead atoms. The minimum absolute atomic E-state index is 0.764. The minimum Gasteiger partial charge on any atom is -0.497 e. The Morgan fingerprint density at radius 1 is 1.17 bits per heavy atom. The van der Waals surface area contributed by atoms with Crippen molar-refractivity contribution in [2.24, 2.45) is 0 Å². The number of aryl methyl sites for hydroxylation is 2. The molecule has 1 N–H and O–H groups in total. The molecule has 0 radical (unpaired) electrons. The normalized spacial score (nSPS) is 13.8. The summed E-state index contributed by atoms with van der Waals surface area (Å²) < 4.78 is 10.7. The molecule has 0 unspecified atom stereocenters. The monoisotopic (exact) mass is 311 g/mol. The van der Waals surface area contributed by atoms with Gasteiger partial charge in [-0.05, 0) is 36.6 Å². The van der Waals surface area contributed by atoms with E-state index in [0.717, 1.165) is 42.5 Å². The highest BCUT2D eigenvalue weighted by atomic mass is 16.5. The number of benzene rings is 1. The van der Waals surface area contributed by atoms with Gasteiger partial charge in [0.1, 0.15) is 5.75 Å². The van der Waals surface area contributed by atoms with Gasteiger partial charge in [-0.25, -0.2) is 0 Å². The lowest BCUT2D eigenvalue weighted by Crippen LogP contribution is -2.25. The Morgan fingerprint density at radius 2 is 2.09 bits per heavy atom. The number of hydrogen-bond donors (Lipinski definition) is 1. The van der Waals surface area contributed by atoms with E-state index in [1.807, 2.05) is 29.2 Å². The van der Waals surface area contributed by atoms with E-state index in [2.05, 4.69) is 34.5 Å². The molecule has 2 heterocycles. The van der Waals surface area contributed by atoms with Crippen LogP contribution in [0.5, 0.6) is 5.75 Å². The van der Waals surface area contributed by atoms with Crippen LogP contribution in [-0.2, 0) is 17.6 Å². The number of anilines is 1. The van der Waals surface area contributed by atoms with Crippen LogP contribution < -0.4 is 9.64 Å². The van der Waals surface area contributed by atoms with Crippen LogP contribution in [0.15, 0.2) is 54.4 Å². The predicted molar refractivity (Wildman–Crippen MR) is 90.6 cm³/mol. The van der Waals surface area contributed by atoms with E-state index >= 15 is 0 Å². The number of aromatic nitrogens is 2. The molecule has 0 atom stereocenters. The van der Waals surface area contributed by atoms with E-state index < -0.39 is 0 Å². The maximum atomic E-state index is 5.39. The molecule has 0 amide bonds. The third-order valence-corrected chi connectivity index (χ3v) is 3.85. The Hall–Kier alpha value is -2.69. The summed E-state index contributed by atoms with van der Waals surface area (Å²) in [6.07, 6.45) is 7.84. The standard InChI is InChI=1S/C18H21N3O2/c1-22-16-7-5-6-14(12-16)9-10-15-13-17(20-19-15)21-11-4-3-8-18(21)23-2/h3-8,12-13H,9-11H2,1-2H3,(H,19,20). The van der Waals surface area contributed by atoms with Gasteiger partial charge in [0.15, 0.2) is 11.7 Å². The summed E-state index contributed by atoms with van der Waals surface area (Å²) in [5, 5.41) is 7.52. The van der Waals surface area contributed by atoms with Gasteiger partial charge >= 0.3 is 0 Å². The van der Waals surface area contributed by atoms with Crippen LogP contribution in [0.1, 0.15) is 11.3 Å². The van der Waals surface area contributed by atoms with Crippen molar-refractivity contribution in [1.29, 1.82) is 0 Å². The molecule has 0 aliphatic carbocycles. The van der Waals surface area contributed by atoms with Crippen molar-refractivity contribution in [1.82, 2.24) is 10.2 Å². The summed E-state index contributed by atoms with van der Waals surface area (Å²) in [7, 11) is 3.36. The van der Waals surface area contributed by atoms with Crippen LogP contribution in [0.4, 0.5) is 5.82 Å². The topological polar surface area (TPSA) is 50.4 Å². The molecule has 1 aromatic heterocycles. The Kier molecular flexibility index (Phi) is 4.66. The van der Waals surface area contributed by atoms with Gasteiger partial charge in [0.25, 0.3) is 0 Å². The molecular formula is C18H21N3O2. The number of methoxy groups -OCH3 is 2. The fourth-order valence-corrected chi connectivity index (χ4v) is 2.60. The molecule has 1 aliphatic heterocycles. The lowest BCUT2D eigenvalue weighted by molar-refractivity contribution is 0.279. The number of aromatic amines is 1. The van der Waals surface area contributed by atoms with Gasteiger partial charge in [-0.2, -0.15) is 5.10 Å². The molecule has 0 spiro atoms. The summed E-state index contributed by atoms with van der Waals surface area (Å²) >= 11 is 0. The molecule has 120 valence electrons. The molecular weight excluding hydrogens is 290 g/mol. The third kappa shape index (κ3) is 3.56. The maximum Gasteiger partial charge on any atom is 0.195 e. The summed E-state index contributed by atoms with van der Waals surface area (Å²) in [5.41, 5.74) is 2.35. The van der Waals surface area contributed by atoms with E-state index in [1.165, 1.54) is 5.56 Å². The van der Waals surface area contributed by atoms with Crippen molar-refractivity contribution in [2.45, 2.75) is 12.8 Å². The summed E-state index contributed by atoms with van der Waals surface area (Å²) in [4.78, 5) is 2.03. The van der Waals surface area contributed by atoms with Gasteiger partial charge < -0.3 is 9.47 Å². The minimum atomic E-state index is 0.764. The fourth-order valence-electron chi connectivity index (χ4n) is 2.60. The lowest BCUT2D eigenvalue weighted by atomic mass is 10.1. The van der Waals surface area contributed by atoms with Crippen molar-refractivity contribution in [2.75, 3.05) is 25.7 Å². The zero-order chi connectivity index (χ0) is 16.1. The number of ether oxygens (including phenoxy) is 2. The molecule has 0 saturated heterocycles. The molecule has 0 fully saturated rings. The maximum absolute atomic E-state index is 5.39. The van der Waals surface area contributed by atoms with Gasteiger partial charge in [-0.1, -0.05) is 24.3 Å². The van der Waals surface area contributed by atoms with Gasteiger partial charge in [-0.15, -0.1) is 0 Å². The smallest absolute Gasteiger partial charge is 0.195 e. The molecule has 0 saturated carbocycles. The van der Waals surface area contributed by atoms with Crippen LogP contribution in [0.2, 0.25) is 0 Å². The summed E-state index contributed by atoms with van der Waals surface area (Å²) in [6, 6.07) is 10.2. The predicted octanol–water partition coefficient (Wildman–Crippen LogP) is 3.07. The SMILES string of the molecule is COC1=CC=CCN1c1cc(CCc2cccc(OC)c2)[nH]n1.